The fourth-order valence-electron chi connectivity index (χ4n) is 2.44. The maximum absolute atomic E-state index is 11.2. The average molecular weight is 244 g/mol. The molecule has 0 aromatic rings. The monoisotopic (exact) mass is 244 g/mol. The van der Waals surface area contributed by atoms with Gasteiger partial charge in [-0.1, -0.05) is 25.7 Å². The van der Waals surface area contributed by atoms with E-state index in [-0.39, 0.29) is 6.42 Å². The third-order valence-corrected chi connectivity index (χ3v) is 3.37. The lowest BCUT2D eigenvalue weighted by Crippen LogP contribution is -2.29. The van der Waals surface area contributed by atoms with Crippen LogP contribution >= 0.6 is 0 Å². The van der Waals surface area contributed by atoms with Crippen molar-refractivity contribution in [3.05, 3.63) is 0 Å². The predicted molar refractivity (Wildman–Crippen MR) is 60.3 cm³/mol. The molecule has 2 atom stereocenters. The molecule has 5 heteroatoms. The fourth-order valence-corrected chi connectivity index (χ4v) is 2.44. The molecule has 1 fully saturated rings. The van der Waals surface area contributed by atoms with Crippen molar-refractivity contribution in [3.8, 4) is 0 Å². The Labute approximate surface area is 101 Å². The molecule has 17 heavy (non-hydrogen) atoms. The van der Waals surface area contributed by atoms with Crippen molar-refractivity contribution >= 4 is 11.9 Å². The average Bonchev–Trinajstić information content (AvgIpc) is 2.77. The Morgan fingerprint density at radius 3 is 2.41 bits per heavy atom. The molecule has 0 heterocycles. The molecule has 1 aliphatic rings. The molecule has 0 bridgehead atoms. The molecule has 1 aliphatic carbocycles. The van der Waals surface area contributed by atoms with E-state index in [0.29, 0.717) is 12.3 Å². The van der Waals surface area contributed by atoms with Crippen LogP contribution in [0.2, 0.25) is 0 Å². The van der Waals surface area contributed by atoms with Crippen LogP contribution in [0.5, 0.6) is 0 Å². The molecule has 0 aromatic carbocycles. The van der Waals surface area contributed by atoms with E-state index in [2.05, 4.69) is 4.74 Å². The van der Waals surface area contributed by atoms with Crippen molar-refractivity contribution in [2.75, 3.05) is 7.11 Å². The van der Waals surface area contributed by atoms with E-state index in [9.17, 15) is 14.7 Å². The number of hydrogen-bond donors (Lipinski definition) is 2. The summed E-state index contributed by atoms with van der Waals surface area (Å²) in [4.78, 5) is 22.1. The Kier molecular flexibility index (Phi) is 5.41. The lowest BCUT2D eigenvalue weighted by Gasteiger charge is -2.18. The number of carbonyl (C=O) groups is 2. The van der Waals surface area contributed by atoms with Gasteiger partial charge in [0.15, 0.2) is 5.92 Å². The lowest BCUT2D eigenvalue weighted by atomic mass is 9.93. The maximum atomic E-state index is 11.2. The summed E-state index contributed by atoms with van der Waals surface area (Å²) >= 11 is 0. The first-order valence-electron chi connectivity index (χ1n) is 6.03. The normalized spacial score (nSPS) is 19.9. The molecule has 5 nitrogen and oxygen atoms in total. The number of ether oxygens (including phenoxy) is 1. The summed E-state index contributed by atoms with van der Waals surface area (Å²) < 4.78 is 4.41. The minimum atomic E-state index is -1.25. The zero-order chi connectivity index (χ0) is 12.8. The van der Waals surface area contributed by atoms with Gasteiger partial charge >= 0.3 is 11.9 Å². The van der Waals surface area contributed by atoms with Gasteiger partial charge in [0.2, 0.25) is 0 Å². The number of carboxylic acid groups (broad SMARTS) is 1. The van der Waals surface area contributed by atoms with E-state index >= 15 is 0 Å². The molecule has 1 saturated carbocycles. The number of esters is 1. The van der Waals surface area contributed by atoms with Gasteiger partial charge in [-0.15, -0.1) is 0 Å². The topological polar surface area (TPSA) is 83.8 Å². The van der Waals surface area contributed by atoms with Gasteiger partial charge in [-0.2, -0.15) is 0 Å². The van der Waals surface area contributed by atoms with Crippen LogP contribution in [-0.4, -0.2) is 35.4 Å². The third kappa shape index (κ3) is 4.34. The number of rotatable bonds is 6. The molecule has 0 spiro atoms. The summed E-state index contributed by atoms with van der Waals surface area (Å²) in [5, 5.41) is 18.7. The van der Waals surface area contributed by atoms with E-state index < -0.39 is 24.0 Å². The largest absolute Gasteiger partial charge is 0.481 e. The second-order valence-corrected chi connectivity index (χ2v) is 4.69. The van der Waals surface area contributed by atoms with Crippen molar-refractivity contribution in [2.24, 2.45) is 11.8 Å². The zero-order valence-corrected chi connectivity index (χ0v) is 10.1. The molecule has 0 saturated heterocycles. The van der Waals surface area contributed by atoms with Crippen LogP contribution in [0.15, 0.2) is 0 Å². The lowest BCUT2D eigenvalue weighted by molar-refractivity contribution is -0.158. The van der Waals surface area contributed by atoms with Gasteiger partial charge in [0, 0.05) is 0 Å². The SMILES string of the molecule is COC(=O)C(CC(O)CC1CCCC1)C(=O)O. The number of carbonyl (C=O) groups excluding carboxylic acids is 1. The Morgan fingerprint density at radius 1 is 1.35 bits per heavy atom. The Bertz CT molecular complexity index is 270. The summed E-state index contributed by atoms with van der Waals surface area (Å²) in [6.07, 6.45) is 4.32. The summed E-state index contributed by atoms with van der Waals surface area (Å²) in [6, 6.07) is 0. The first-order valence-corrected chi connectivity index (χ1v) is 6.03. The van der Waals surface area contributed by atoms with Crippen molar-refractivity contribution in [1.29, 1.82) is 0 Å². The van der Waals surface area contributed by atoms with Gasteiger partial charge in [0.1, 0.15) is 0 Å². The minimum Gasteiger partial charge on any atom is -0.481 e. The molecule has 0 radical (unpaired) electrons. The van der Waals surface area contributed by atoms with Crippen molar-refractivity contribution < 1.29 is 24.5 Å². The second-order valence-electron chi connectivity index (χ2n) is 4.69. The van der Waals surface area contributed by atoms with Crippen LogP contribution in [0.3, 0.4) is 0 Å². The molecule has 0 aliphatic heterocycles. The zero-order valence-electron chi connectivity index (χ0n) is 10.1. The molecule has 2 unspecified atom stereocenters. The predicted octanol–water partition coefficient (Wildman–Crippen LogP) is 1.19. The van der Waals surface area contributed by atoms with Crippen LogP contribution in [0.25, 0.3) is 0 Å². The summed E-state index contributed by atoms with van der Waals surface area (Å²) in [7, 11) is 1.15. The van der Waals surface area contributed by atoms with E-state index in [4.69, 9.17) is 5.11 Å². The highest BCUT2D eigenvalue weighted by atomic mass is 16.5. The van der Waals surface area contributed by atoms with Crippen LogP contribution < -0.4 is 0 Å². The van der Waals surface area contributed by atoms with E-state index in [1.165, 1.54) is 12.8 Å². The number of aliphatic hydroxyl groups is 1. The third-order valence-electron chi connectivity index (χ3n) is 3.37. The highest BCUT2D eigenvalue weighted by Gasteiger charge is 2.31. The van der Waals surface area contributed by atoms with Crippen LogP contribution in [0, 0.1) is 11.8 Å². The highest BCUT2D eigenvalue weighted by molar-refractivity contribution is 5.93. The highest BCUT2D eigenvalue weighted by Crippen LogP contribution is 2.29. The standard InChI is InChI=1S/C12H20O5/c1-17-12(16)10(11(14)15)7-9(13)6-8-4-2-3-5-8/h8-10,13H,2-7H2,1H3,(H,14,15). The number of methoxy groups -OCH3 is 1. The summed E-state index contributed by atoms with van der Waals surface area (Å²) in [6.45, 7) is 0. The van der Waals surface area contributed by atoms with Crippen molar-refractivity contribution in [3.63, 3.8) is 0 Å². The summed E-state index contributed by atoms with van der Waals surface area (Å²) in [5.74, 6) is -2.81. The van der Waals surface area contributed by atoms with E-state index in [1.54, 1.807) is 0 Å². The number of aliphatic carboxylic acids is 1. The second kappa shape index (κ2) is 6.59. The molecule has 1 rings (SSSR count). The molecule has 0 amide bonds. The molecule has 98 valence electrons. The van der Waals surface area contributed by atoms with Gasteiger partial charge in [-0.25, -0.2) is 0 Å². The van der Waals surface area contributed by atoms with Crippen LogP contribution in [-0.2, 0) is 14.3 Å². The Balaban J connectivity index is 2.42. The molecule has 2 N–H and O–H groups in total. The van der Waals surface area contributed by atoms with Crippen molar-refractivity contribution in [1.82, 2.24) is 0 Å². The number of aliphatic hydroxyl groups excluding tert-OH is 1. The molecular weight excluding hydrogens is 224 g/mol. The van der Waals surface area contributed by atoms with Gasteiger partial charge in [-0.3, -0.25) is 9.59 Å². The smallest absolute Gasteiger partial charge is 0.320 e. The van der Waals surface area contributed by atoms with Gasteiger partial charge < -0.3 is 14.9 Å². The number of hydrogen-bond acceptors (Lipinski definition) is 4. The Hall–Kier alpha value is -1.10. The van der Waals surface area contributed by atoms with Crippen LogP contribution in [0.1, 0.15) is 38.5 Å². The van der Waals surface area contributed by atoms with Crippen molar-refractivity contribution in [2.45, 2.75) is 44.6 Å². The minimum absolute atomic E-state index is 0.0570. The first kappa shape index (κ1) is 14.0. The molecule has 0 aromatic heterocycles. The quantitative estimate of drug-likeness (QED) is 0.541. The van der Waals surface area contributed by atoms with Gasteiger partial charge in [0.25, 0.3) is 0 Å². The van der Waals surface area contributed by atoms with Gasteiger partial charge in [0.05, 0.1) is 13.2 Å². The molecular formula is C12H20O5. The van der Waals surface area contributed by atoms with E-state index in [0.717, 1.165) is 20.0 Å². The fraction of sp³-hybridized carbons (Fsp3) is 0.833. The number of carboxylic acids is 1. The summed E-state index contributed by atoms with van der Waals surface area (Å²) in [5.41, 5.74) is 0. The Morgan fingerprint density at radius 2 is 1.94 bits per heavy atom. The van der Waals surface area contributed by atoms with Crippen LogP contribution in [0.4, 0.5) is 0 Å². The maximum Gasteiger partial charge on any atom is 0.320 e. The first-order chi connectivity index (χ1) is 8.04. The van der Waals surface area contributed by atoms with Gasteiger partial charge in [-0.05, 0) is 18.8 Å². The van der Waals surface area contributed by atoms with E-state index in [1.807, 2.05) is 0 Å².